The topological polar surface area (TPSA) is 9.23 Å². The predicted molar refractivity (Wildman–Crippen MR) is 41.6 cm³/mol. The maximum Gasteiger partial charge on any atom is 1.00 e. The van der Waals surface area contributed by atoms with E-state index in [1.165, 1.54) is 0 Å². The average molecular weight is 250 g/mol. The molecule has 0 fully saturated rings. The van der Waals surface area contributed by atoms with Gasteiger partial charge in [0.1, 0.15) is 0 Å². The van der Waals surface area contributed by atoms with E-state index in [0.717, 1.165) is 7.11 Å². The van der Waals surface area contributed by atoms with Crippen LogP contribution in [0.4, 0.5) is 21.7 Å². The molecule has 1 aromatic carbocycles. The molecule has 8 heteroatoms. The van der Waals surface area contributed by atoms with Gasteiger partial charge in [0.2, 0.25) is 0 Å². The van der Waals surface area contributed by atoms with Crippen molar-refractivity contribution in [1.82, 2.24) is 0 Å². The molecule has 0 bridgehead atoms. The summed E-state index contributed by atoms with van der Waals surface area (Å²) in [6.45, 7) is -5.40. The number of hydrogen-bond acceptors (Lipinski definition) is 1. The molecule has 0 saturated carbocycles. The summed E-state index contributed by atoms with van der Waals surface area (Å²) < 4.78 is 66.0. The molecule has 78 valence electrons. The third-order valence-corrected chi connectivity index (χ3v) is 1.60. The first-order valence-electron chi connectivity index (χ1n) is 3.59. The fourth-order valence-electron chi connectivity index (χ4n) is 0.963. The Labute approximate surface area is 125 Å². The van der Waals surface area contributed by atoms with Gasteiger partial charge in [-0.25, -0.2) is 8.78 Å². The van der Waals surface area contributed by atoms with Crippen molar-refractivity contribution in [3.8, 4) is 5.75 Å². The molecular formula is C7H5BF5KO. The maximum absolute atomic E-state index is 12.8. The van der Waals surface area contributed by atoms with Crippen molar-refractivity contribution in [3.05, 3.63) is 23.8 Å². The van der Waals surface area contributed by atoms with Crippen molar-refractivity contribution in [2.75, 3.05) is 7.11 Å². The second-order valence-electron chi connectivity index (χ2n) is 2.59. The van der Waals surface area contributed by atoms with Crippen LogP contribution in [0.1, 0.15) is 0 Å². The number of methoxy groups -OCH3 is 1. The van der Waals surface area contributed by atoms with Crippen molar-refractivity contribution in [3.63, 3.8) is 0 Å². The first-order valence-corrected chi connectivity index (χ1v) is 3.59. The van der Waals surface area contributed by atoms with Gasteiger partial charge in [-0.2, -0.15) is 0 Å². The third-order valence-electron chi connectivity index (χ3n) is 1.60. The normalized spacial score (nSPS) is 10.8. The Morgan fingerprint density at radius 3 is 1.73 bits per heavy atom. The van der Waals surface area contributed by atoms with E-state index < -0.39 is 29.8 Å². The van der Waals surface area contributed by atoms with E-state index >= 15 is 0 Å². The Hall–Kier alpha value is 0.371. The van der Waals surface area contributed by atoms with Crippen LogP contribution in [-0.4, -0.2) is 14.1 Å². The summed E-state index contributed by atoms with van der Waals surface area (Å²) in [5.41, 5.74) is -1.32. The standard InChI is InChI=1S/C7H5BF5O.K/c1-14-7-5(9)2-4(3-6(7)10)8(11,12)13;/h2-3H,1H3;/q-1;+1. The number of rotatable bonds is 2. The Balaban J connectivity index is 0.00000196. The number of hydrogen-bond donors (Lipinski definition) is 0. The minimum atomic E-state index is -5.40. The van der Waals surface area contributed by atoms with Gasteiger partial charge in [-0.15, -0.1) is 5.46 Å². The van der Waals surface area contributed by atoms with E-state index in [1.54, 1.807) is 0 Å². The van der Waals surface area contributed by atoms with Crippen LogP contribution < -0.4 is 61.6 Å². The number of ether oxygens (including phenoxy) is 1. The summed E-state index contributed by atoms with van der Waals surface area (Å²) >= 11 is 0. The summed E-state index contributed by atoms with van der Waals surface area (Å²) in [6, 6.07) is 0.420. The van der Waals surface area contributed by atoms with Gasteiger partial charge in [-0.3, -0.25) is 0 Å². The fraction of sp³-hybridized carbons (Fsp3) is 0.143. The van der Waals surface area contributed by atoms with E-state index in [2.05, 4.69) is 4.74 Å². The van der Waals surface area contributed by atoms with Crippen LogP contribution >= 0.6 is 0 Å². The van der Waals surface area contributed by atoms with E-state index in [1.807, 2.05) is 0 Å². The van der Waals surface area contributed by atoms with Crippen LogP contribution in [0, 0.1) is 11.6 Å². The molecule has 0 unspecified atom stereocenters. The molecule has 0 aromatic heterocycles. The molecule has 1 aromatic rings. The minimum absolute atomic E-state index is 0. The van der Waals surface area contributed by atoms with Gasteiger partial charge in [-0.1, -0.05) is 0 Å². The van der Waals surface area contributed by atoms with Crippen molar-refractivity contribution >= 4 is 12.4 Å². The largest absolute Gasteiger partial charge is 1.00 e. The Morgan fingerprint density at radius 2 is 1.47 bits per heavy atom. The summed E-state index contributed by atoms with van der Waals surface area (Å²) in [4.78, 5) is 0. The molecule has 0 N–H and O–H groups in total. The zero-order chi connectivity index (χ0) is 10.9. The Bertz CT molecular complexity index is 331. The van der Waals surface area contributed by atoms with Gasteiger partial charge in [0.05, 0.1) is 7.11 Å². The molecular weight excluding hydrogens is 245 g/mol. The molecule has 0 radical (unpaired) electrons. The predicted octanol–water partition coefficient (Wildman–Crippen LogP) is -0.968. The SMILES string of the molecule is COc1c(F)cc([B-](F)(F)F)cc1F.[K+]. The summed E-state index contributed by atoms with van der Waals surface area (Å²) in [6.07, 6.45) is 0. The molecule has 15 heavy (non-hydrogen) atoms. The number of halogens is 5. The summed E-state index contributed by atoms with van der Waals surface area (Å²) in [5.74, 6) is -3.53. The number of benzene rings is 1. The van der Waals surface area contributed by atoms with Crippen molar-refractivity contribution < 1.29 is 77.8 Å². The molecule has 0 aliphatic carbocycles. The zero-order valence-electron chi connectivity index (χ0n) is 8.03. The van der Waals surface area contributed by atoms with Gasteiger partial charge in [0.25, 0.3) is 0 Å². The van der Waals surface area contributed by atoms with Gasteiger partial charge in [-0.05, 0) is 12.1 Å². The monoisotopic (exact) mass is 250 g/mol. The third kappa shape index (κ3) is 3.70. The fourth-order valence-corrected chi connectivity index (χ4v) is 0.963. The van der Waals surface area contributed by atoms with Crippen LogP contribution in [0.3, 0.4) is 0 Å². The smallest absolute Gasteiger partial charge is 0.491 e. The Kier molecular flexibility index (Phi) is 5.77. The van der Waals surface area contributed by atoms with Crippen molar-refractivity contribution in [2.24, 2.45) is 0 Å². The molecule has 0 amide bonds. The first kappa shape index (κ1) is 15.4. The first-order chi connectivity index (χ1) is 6.36. The maximum atomic E-state index is 12.8. The average Bonchev–Trinajstić information content (AvgIpc) is 2.01. The second-order valence-corrected chi connectivity index (χ2v) is 2.59. The van der Waals surface area contributed by atoms with Crippen molar-refractivity contribution in [2.45, 2.75) is 0 Å². The van der Waals surface area contributed by atoms with Gasteiger partial charge in [0, 0.05) is 0 Å². The van der Waals surface area contributed by atoms with Crippen molar-refractivity contribution in [1.29, 1.82) is 0 Å². The summed E-state index contributed by atoms with van der Waals surface area (Å²) in [5, 5.41) is 0. The Morgan fingerprint density at radius 1 is 1.07 bits per heavy atom. The van der Waals surface area contributed by atoms with Crippen LogP contribution in [0.15, 0.2) is 12.1 Å². The minimum Gasteiger partial charge on any atom is -0.491 e. The van der Waals surface area contributed by atoms with Gasteiger partial charge in [0.15, 0.2) is 17.4 Å². The molecule has 0 spiro atoms. The van der Waals surface area contributed by atoms with Crippen LogP contribution in [0.5, 0.6) is 5.75 Å². The van der Waals surface area contributed by atoms with E-state index in [0.29, 0.717) is 0 Å². The van der Waals surface area contributed by atoms with E-state index in [4.69, 9.17) is 0 Å². The quantitative estimate of drug-likeness (QED) is 0.485. The molecule has 1 rings (SSSR count). The molecule has 0 aliphatic heterocycles. The van der Waals surface area contributed by atoms with E-state index in [9.17, 15) is 21.7 Å². The molecule has 0 saturated heterocycles. The molecule has 1 nitrogen and oxygen atoms in total. The van der Waals surface area contributed by atoms with Crippen LogP contribution in [0.25, 0.3) is 0 Å². The zero-order valence-corrected chi connectivity index (χ0v) is 11.2. The molecule has 0 heterocycles. The van der Waals surface area contributed by atoms with E-state index in [-0.39, 0.29) is 63.5 Å². The summed E-state index contributed by atoms with van der Waals surface area (Å²) in [7, 11) is 0.972. The van der Waals surface area contributed by atoms with Crippen LogP contribution in [0.2, 0.25) is 0 Å². The van der Waals surface area contributed by atoms with Crippen LogP contribution in [-0.2, 0) is 0 Å². The molecule has 0 aliphatic rings. The molecule has 0 atom stereocenters. The van der Waals surface area contributed by atoms with Gasteiger partial charge < -0.3 is 17.7 Å². The second kappa shape index (κ2) is 5.63. The van der Waals surface area contributed by atoms with Gasteiger partial charge >= 0.3 is 58.4 Å².